The summed E-state index contributed by atoms with van der Waals surface area (Å²) in [5.74, 6) is 0.984. The van der Waals surface area contributed by atoms with E-state index < -0.39 is 0 Å². The molecule has 0 bridgehead atoms. The highest BCUT2D eigenvalue weighted by Gasteiger charge is 2.35. The number of methoxy groups -OCH3 is 3. The molecule has 3 rings (SSSR count). The number of rotatable bonds is 7. The normalized spacial score (nSPS) is 15.8. The molecule has 0 spiro atoms. The van der Waals surface area contributed by atoms with Crippen molar-refractivity contribution in [2.75, 3.05) is 32.8 Å². The fourth-order valence-electron chi connectivity index (χ4n) is 3.72. The fourth-order valence-corrected chi connectivity index (χ4v) is 3.72. The first kappa shape index (κ1) is 21.5. The maximum absolute atomic E-state index is 12.7. The van der Waals surface area contributed by atoms with Gasteiger partial charge in [-0.15, -0.1) is 0 Å². The summed E-state index contributed by atoms with van der Waals surface area (Å²) in [5, 5.41) is 2.93. The van der Waals surface area contributed by atoms with Crippen molar-refractivity contribution in [3.63, 3.8) is 0 Å². The van der Waals surface area contributed by atoms with Gasteiger partial charge in [0.25, 0.3) is 0 Å². The second kappa shape index (κ2) is 9.07. The molecule has 1 aliphatic rings. The van der Waals surface area contributed by atoms with E-state index in [1.807, 2.05) is 32.0 Å². The van der Waals surface area contributed by atoms with Crippen molar-refractivity contribution < 1.29 is 23.8 Å². The SMILES string of the molecule is COc1cc(CNC(=O)[C@H]2CC(=O)N(c3cccc(C)c3C)C2)cc(OC)c1OC. The zero-order valence-corrected chi connectivity index (χ0v) is 18.1. The van der Waals surface area contributed by atoms with Crippen LogP contribution in [-0.2, 0) is 16.1 Å². The summed E-state index contributed by atoms with van der Waals surface area (Å²) in [6, 6.07) is 9.47. The smallest absolute Gasteiger partial charge is 0.227 e. The van der Waals surface area contributed by atoms with Crippen LogP contribution in [0.25, 0.3) is 0 Å². The molecule has 1 atom stereocenters. The van der Waals surface area contributed by atoms with Gasteiger partial charge in [0.05, 0.1) is 27.2 Å². The van der Waals surface area contributed by atoms with Crippen LogP contribution in [-0.4, -0.2) is 39.7 Å². The number of carbonyl (C=O) groups excluding carboxylic acids is 2. The summed E-state index contributed by atoms with van der Waals surface area (Å²) in [6.45, 7) is 4.69. The molecule has 0 aliphatic carbocycles. The van der Waals surface area contributed by atoms with E-state index in [0.29, 0.717) is 30.3 Å². The average Bonchev–Trinajstić information content (AvgIpc) is 3.14. The molecule has 2 amide bonds. The van der Waals surface area contributed by atoms with E-state index in [-0.39, 0.29) is 24.2 Å². The van der Waals surface area contributed by atoms with Gasteiger partial charge < -0.3 is 24.4 Å². The molecule has 7 nitrogen and oxygen atoms in total. The largest absolute Gasteiger partial charge is 0.493 e. The highest BCUT2D eigenvalue weighted by atomic mass is 16.5. The molecule has 7 heteroatoms. The summed E-state index contributed by atoms with van der Waals surface area (Å²) < 4.78 is 16.0. The van der Waals surface area contributed by atoms with E-state index in [0.717, 1.165) is 22.4 Å². The number of hydrogen-bond donors (Lipinski definition) is 1. The quantitative estimate of drug-likeness (QED) is 0.757. The molecule has 1 N–H and O–H groups in total. The zero-order chi connectivity index (χ0) is 21.8. The molecule has 160 valence electrons. The minimum Gasteiger partial charge on any atom is -0.493 e. The van der Waals surface area contributed by atoms with Crippen molar-refractivity contribution in [1.82, 2.24) is 5.32 Å². The number of aryl methyl sites for hydroxylation is 1. The Morgan fingerprint density at radius 1 is 1.10 bits per heavy atom. The molecule has 2 aromatic rings. The van der Waals surface area contributed by atoms with E-state index in [1.54, 1.807) is 38.4 Å². The van der Waals surface area contributed by atoms with Crippen LogP contribution in [0.2, 0.25) is 0 Å². The number of anilines is 1. The van der Waals surface area contributed by atoms with Gasteiger partial charge in [-0.3, -0.25) is 9.59 Å². The predicted molar refractivity (Wildman–Crippen MR) is 114 cm³/mol. The number of ether oxygens (including phenoxy) is 3. The lowest BCUT2D eigenvalue weighted by atomic mass is 10.1. The van der Waals surface area contributed by atoms with Crippen LogP contribution in [0.1, 0.15) is 23.1 Å². The first-order valence-electron chi connectivity index (χ1n) is 9.82. The van der Waals surface area contributed by atoms with Crippen LogP contribution in [0.15, 0.2) is 30.3 Å². The minimum atomic E-state index is -0.389. The third-order valence-electron chi connectivity index (χ3n) is 5.55. The molecular weight excluding hydrogens is 384 g/mol. The Morgan fingerprint density at radius 3 is 2.37 bits per heavy atom. The van der Waals surface area contributed by atoms with E-state index >= 15 is 0 Å². The van der Waals surface area contributed by atoms with Crippen LogP contribution < -0.4 is 24.4 Å². The van der Waals surface area contributed by atoms with Gasteiger partial charge in [-0.25, -0.2) is 0 Å². The van der Waals surface area contributed by atoms with Gasteiger partial charge in [-0.05, 0) is 48.7 Å². The van der Waals surface area contributed by atoms with Gasteiger partial charge in [0.1, 0.15) is 0 Å². The van der Waals surface area contributed by atoms with Crippen LogP contribution in [0, 0.1) is 19.8 Å². The number of hydrogen-bond acceptors (Lipinski definition) is 5. The van der Waals surface area contributed by atoms with Crippen LogP contribution in [0.4, 0.5) is 5.69 Å². The first-order chi connectivity index (χ1) is 14.4. The van der Waals surface area contributed by atoms with Crippen molar-refractivity contribution in [2.24, 2.45) is 5.92 Å². The van der Waals surface area contributed by atoms with Gasteiger partial charge in [0, 0.05) is 25.2 Å². The molecule has 1 saturated heterocycles. The van der Waals surface area contributed by atoms with E-state index in [4.69, 9.17) is 14.2 Å². The Labute approximate surface area is 176 Å². The van der Waals surface area contributed by atoms with Crippen molar-refractivity contribution in [3.05, 3.63) is 47.0 Å². The van der Waals surface area contributed by atoms with Crippen molar-refractivity contribution in [2.45, 2.75) is 26.8 Å². The van der Waals surface area contributed by atoms with Crippen molar-refractivity contribution >= 4 is 17.5 Å². The summed E-state index contributed by atoms with van der Waals surface area (Å²) in [7, 11) is 4.64. The molecule has 0 radical (unpaired) electrons. The summed E-state index contributed by atoms with van der Waals surface area (Å²) in [6.07, 6.45) is 0.203. The Hall–Kier alpha value is -3.22. The second-order valence-corrected chi connectivity index (χ2v) is 7.38. The third-order valence-corrected chi connectivity index (χ3v) is 5.55. The second-order valence-electron chi connectivity index (χ2n) is 7.38. The molecule has 30 heavy (non-hydrogen) atoms. The van der Waals surface area contributed by atoms with E-state index in [9.17, 15) is 9.59 Å². The zero-order valence-electron chi connectivity index (χ0n) is 18.1. The number of nitrogens with zero attached hydrogens (tertiary/aromatic N) is 1. The monoisotopic (exact) mass is 412 g/mol. The standard InChI is InChI=1S/C23H28N2O5/c1-14-7-6-8-18(15(14)2)25-13-17(11-21(25)26)23(27)24-12-16-9-19(28-3)22(30-5)20(10-16)29-4/h6-10,17H,11-13H2,1-5H3,(H,24,27)/t17-/m0/s1. The fraction of sp³-hybridized carbons (Fsp3) is 0.391. The Morgan fingerprint density at radius 2 is 1.77 bits per heavy atom. The van der Waals surface area contributed by atoms with Crippen LogP contribution in [0.3, 0.4) is 0 Å². The van der Waals surface area contributed by atoms with E-state index in [1.165, 1.54) is 0 Å². The first-order valence-corrected chi connectivity index (χ1v) is 9.82. The van der Waals surface area contributed by atoms with Gasteiger partial charge in [-0.1, -0.05) is 12.1 Å². The Kier molecular flexibility index (Phi) is 6.50. The molecule has 0 aromatic heterocycles. The van der Waals surface area contributed by atoms with Crippen LogP contribution in [0.5, 0.6) is 17.2 Å². The predicted octanol–water partition coefficient (Wildman–Crippen LogP) is 3.00. The Balaban J connectivity index is 1.69. The lowest BCUT2D eigenvalue weighted by Crippen LogP contribution is -2.32. The molecule has 1 fully saturated rings. The molecule has 1 heterocycles. The topological polar surface area (TPSA) is 77.1 Å². The molecule has 2 aromatic carbocycles. The molecular formula is C23H28N2O5. The maximum Gasteiger partial charge on any atom is 0.227 e. The van der Waals surface area contributed by atoms with Crippen molar-refractivity contribution in [3.8, 4) is 17.2 Å². The summed E-state index contributed by atoms with van der Waals surface area (Å²) >= 11 is 0. The number of carbonyl (C=O) groups is 2. The Bertz CT molecular complexity index is 932. The van der Waals surface area contributed by atoms with E-state index in [2.05, 4.69) is 5.32 Å². The number of amides is 2. The third kappa shape index (κ3) is 4.20. The average molecular weight is 412 g/mol. The molecule has 0 saturated carbocycles. The summed E-state index contributed by atoms with van der Waals surface area (Å²) in [4.78, 5) is 27.0. The number of benzene rings is 2. The molecule has 1 aliphatic heterocycles. The summed E-state index contributed by atoms with van der Waals surface area (Å²) in [5.41, 5.74) is 3.87. The highest BCUT2D eigenvalue weighted by Crippen LogP contribution is 2.38. The highest BCUT2D eigenvalue weighted by molar-refractivity contribution is 6.00. The lowest BCUT2D eigenvalue weighted by molar-refractivity contribution is -0.126. The molecule has 0 unspecified atom stereocenters. The van der Waals surface area contributed by atoms with Gasteiger partial charge in [0.15, 0.2) is 11.5 Å². The number of nitrogens with one attached hydrogen (secondary N) is 1. The van der Waals surface area contributed by atoms with Gasteiger partial charge in [0.2, 0.25) is 17.6 Å². The minimum absolute atomic E-state index is 0.0309. The maximum atomic E-state index is 12.7. The van der Waals surface area contributed by atoms with Crippen LogP contribution >= 0.6 is 0 Å². The van der Waals surface area contributed by atoms with Gasteiger partial charge >= 0.3 is 0 Å². The van der Waals surface area contributed by atoms with Gasteiger partial charge in [-0.2, -0.15) is 0 Å². The lowest BCUT2D eigenvalue weighted by Gasteiger charge is -2.20. The van der Waals surface area contributed by atoms with Crippen molar-refractivity contribution in [1.29, 1.82) is 0 Å².